The van der Waals surface area contributed by atoms with E-state index in [4.69, 9.17) is 5.26 Å². The maximum atomic E-state index is 12.2. The summed E-state index contributed by atoms with van der Waals surface area (Å²) in [5.41, 5.74) is 0.727. The van der Waals surface area contributed by atoms with Gasteiger partial charge in [0.25, 0.3) is 0 Å². The summed E-state index contributed by atoms with van der Waals surface area (Å²) in [6.07, 6.45) is 1.90. The SMILES string of the molecule is CC1(O)CCCN(C(=O)Cc2ccc(C#N)cc2)C1. The van der Waals surface area contributed by atoms with E-state index in [9.17, 15) is 9.90 Å². The van der Waals surface area contributed by atoms with Gasteiger partial charge >= 0.3 is 0 Å². The van der Waals surface area contributed by atoms with Gasteiger partial charge in [0.2, 0.25) is 5.91 Å². The number of nitrogens with zero attached hydrogens (tertiary/aromatic N) is 2. The van der Waals surface area contributed by atoms with Crippen molar-refractivity contribution in [2.24, 2.45) is 0 Å². The van der Waals surface area contributed by atoms with E-state index in [1.165, 1.54) is 0 Å². The molecule has 0 saturated carbocycles. The summed E-state index contributed by atoms with van der Waals surface area (Å²) < 4.78 is 0. The maximum absolute atomic E-state index is 12.2. The number of carbonyl (C=O) groups excluding carboxylic acids is 1. The molecule has 19 heavy (non-hydrogen) atoms. The predicted octanol–water partition coefficient (Wildman–Crippen LogP) is 1.47. The number of amides is 1. The number of nitriles is 1. The second-order valence-corrected chi connectivity index (χ2v) is 5.40. The summed E-state index contributed by atoms with van der Waals surface area (Å²) in [5, 5.41) is 18.7. The first-order valence-corrected chi connectivity index (χ1v) is 6.49. The molecule has 1 saturated heterocycles. The molecule has 0 bridgehead atoms. The Labute approximate surface area is 113 Å². The van der Waals surface area contributed by atoms with E-state index in [2.05, 4.69) is 6.07 Å². The monoisotopic (exact) mass is 258 g/mol. The molecule has 1 amide bonds. The number of rotatable bonds is 2. The van der Waals surface area contributed by atoms with Gasteiger partial charge in [-0.15, -0.1) is 0 Å². The van der Waals surface area contributed by atoms with E-state index < -0.39 is 5.60 Å². The minimum absolute atomic E-state index is 0.0321. The van der Waals surface area contributed by atoms with Crippen molar-refractivity contribution in [3.05, 3.63) is 35.4 Å². The molecule has 0 aliphatic carbocycles. The number of aliphatic hydroxyl groups is 1. The molecule has 0 spiro atoms. The zero-order valence-corrected chi connectivity index (χ0v) is 11.1. The van der Waals surface area contributed by atoms with E-state index >= 15 is 0 Å². The van der Waals surface area contributed by atoms with Crippen molar-refractivity contribution in [1.82, 2.24) is 4.90 Å². The van der Waals surface area contributed by atoms with E-state index in [1.807, 2.05) is 0 Å². The molecule has 1 fully saturated rings. The normalized spacial score (nSPS) is 22.9. The molecule has 0 radical (unpaired) electrons. The van der Waals surface area contributed by atoms with Crippen LogP contribution in [0.15, 0.2) is 24.3 Å². The number of likely N-dealkylation sites (tertiary alicyclic amines) is 1. The zero-order valence-electron chi connectivity index (χ0n) is 11.1. The third-order valence-corrected chi connectivity index (χ3v) is 3.47. The first-order valence-electron chi connectivity index (χ1n) is 6.49. The maximum Gasteiger partial charge on any atom is 0.227 e. The van der Waals surface area contributed by atoms with Gasteiger partial charge in [-0.2, -0.15) is 5.26 Å². The lowest BCUT2D eigenvalue weighted by molar-refractivity contribution is -0.136. The Morgan fingerprint density at radius 2 is 2.16 bits per heavy atom. The Balaban J connectivity index is 1.98. The summed E-state index contributed by atoms with van der Waals surface area (Å²) >= 11 is 0. The third-order valence-electron chi connectivity index (χ3n) is 3.47. The molecule has 1 atom stereocenters. The summed E-state index contributed by atoms with van der Waals surface area (Å²) in [4.78, 5) is 13.9. The highest BCUT2D eigenvalue weighted by atomic mass is 16.3. The van der Waals surface area contributed by atoms with Crippen LogP contribution in [0.25, 0.3) is 0 Å². The van der Waals surface area contributed by atoms with Gasteiger partial charge < -0.3 is 10.0 Å². The molecule has 1 aromatic rings. The molecule has 1 aromatic carbocycles. The van der Waals surface area contributed by atoms with Gasteiger partial charge in [-0.3, -0.25) is 4.79 Å². The number of hydrogen-bond acceptors (Lipinski definition) is 3. The van der Waals surface area contributed by atoms with E-state index in [1.54, 1.807) is 36.1 Å². The Morgan fingerprint density at radius 3 is 2.74 bits per heavy atom. The molecule has 1 unspecified atom stereocenters. The smallest absolute Gasteiger partial charge is 0.227 e. The number of hydrogen-bond donors (Lipinski definition) is 1. The lowest BCUT2D eigenvalue weighted by Gasteiger charge is -2.36. The summed E-state index contributed by atoms with van der Waals surface area (Å²) in [6, 6.07) is 9.10. The molecule has 4 nitrogen and oxygen atoms in total. The van der Waals surface area contributed by atoms with Crippen molar-refractivity contribution in [2.75, 3.05) is 13.1 Å². The van der Waals surface area contributed by atoms with Gasteiger partial charge in [0, 0.05) is 13.1 Å². The Hall–Kier alpha value is -1.86. The van der Waals surface area contributed by atoms with Crippen LogP contribution < -0.4 is 0 Å². The van der Waals surface area contributed by atoms with Crippen molar-refractivity contribution < 1.29 is 9.90 Å². The lowest BCUT2D eigenvalue weighted by atomic mass is 9.94. The fourth-order valence-electron chi connectivity index (χ4n) is 2.42. The quantitative estimate of drug-likeness (QED) is 0.873. The van der Waals surface area contributed by atoms with Crippen LogP contribution in [-0.2, 0) is 11.2 Å². The average molecular weight is 258 g/mol. The van der Waals surface area contributed by atoms with Crippen LogP contribution in [0.5, 0.6) is 0 Å². The minimum atomic E-state index is -0.765. The van der Waals surface area contributed by atoms with Crippen LogP contribution >= 0.6 is 0 Å². The van der Waals surface area contributed by atoms with Crippen LogP contribution in [-0.4, -0.2) is 34.6 Å². The van der Waals surface area contributed by atoms with Crippen LogP contribution in [0.4, 0.5) is 0 Å². The molecule has 2 rings (SSSR count). The van der Waals surface area contributed by atoms with Crippen molar-refractivity contribution in [3.8, 4) is 6.07 Å². The molecule has 1 N–H and O–H groups in total. The standard InChI is InChI=1S/C15H18N2O2/c1-15(19)7-2-8-17(11-15)14(18)9-12-3-5-13(10-16)6-4-12/h3-6,19H,2,7-9,11H2,1H3. The van der Waals surface area contributed by atoms with E-state index in [0.29, 0.717) is 25.1 Å². The molecule has 100 valence electrons. The molecule has 4 heteroatoms. The largest absolute Gasteiger partial charge is 0.388 e. The minimum Gasteiger partial charge on any atom is -0.388 e. The van der Waals surface area contributed by atoms with Crippen LogP contribution in [0.3, 0.4) is 0 Å². The van der Waals surface area contributed by atoms with Gasteiger partial charge in [-0.25, -0.2) is 0 Å². The first kappa shape index (κ1) is 13.6. The second kappa shape index (κ2) is 5.41. The molecular weight excluding hydrogens is 240 g/mol. The highest BCUT2D eigenvalue weighted by Gasteiger charge is 2.30. The second-order valence-electron chi connectivity index (χ2n) is 5.40. The molecule has 0 aromatic heterocycles. The van der Waals surface area contributed by atoms with Crippen LogP contribution in [0.1, 0.15) is 30.9 Å². The fourth-order valence-corrected chi connectivity index (χ4v) is 2.42. The van der Waals surface area contributed by atoms with Crippen molar-refractivity contribution in [1.29, 1.82) is 5.26 Å². The van der Waals surface area contributed by atoms with Gasteiger partial charge in [0.1, 0.15) is 0 Å². The topological polar surface area (TPSA) is 64.3 Å². The van der Waals surface area contributed by atoms with E-state index in [-0.39, 0.29) is 5.91 Å². The van der Waals surface area contributed by atoms with Crippen LogP contribution in [0, 0.1) is 11.3 Å². The molecule has 1 aliphatic rings. The molecule has 1 heterocycles. The fraction of sp³-hybridized carbons (Fsp3) is 0.467. The Kier molecular flexibility index (Phi) is 3.87. The summed E-state index contributed by atoms with van der Waals surface area (Å²) in [7, 11) is 0. The number of carbonyl (C=O) groups is 1. The zero-order chi connectivity index (χ0) is 13.9. The van der Waals surface area contributed by atoms with Crippen molar-refractivity contribution in [3.63, 3.8) is 0 Å². The van der Waals surface area contributed by atoms with Gasteiger partial charge in [0.15, 0.2) is 0 Å². The summed E-state index contributed by atoms with van der Waals surface area (Å²) in [5.74, 6) is 0.0321. The summed E-state index contributed by atoms with van der Waals surface area (Å²) in [6.45, 7) is 2.89. The highest BCUT2D eigenvalue weighted by molar-refractivity contribution is 5.79. The Morgan fingerprint density at radius 1 is 1.47 bits per heavy atom. The van der Waals surface area contributed by atoms with E-state index in [0.717, 1.165) is 18.4 Å². The van der Waals surface area contributed by atoms with Crippen molar-refractivity contribution in [2.45, 2.75) is 31.8 Å². The van der Waals surface area contributed by atoms with Crippen LogP contribution in [0.2, 0.25) is 0 Å². The van der Waals surface area contributed by atoms with Gasteiger partial charge in [0.05, 0.1) is 23.7 Å². The number of piperidine rings is 1. The predicted molar refractivity (Wildman–Crippen MR) is 71.3 cm³/mol. The van der Waals surface area contributed by atoms with Gasteiger partial charge in [-0.05, 0) is 37.5 Å². The average Bonchev–Trinajstić information content (AvgIpc) is 2.38. The first-order chi connectivity index (χ1) is 9.00. The third kappa shape index (κ3) is 3.55. The van der Waals surface area contributed by atoms with Crippen molar-refractivity contribution >= 4 is 5.91 Å². The number of β-amino-alcohol motifs (C(OH)–C–C–N with tert-alkyl or cyclic N) is 1. The number of benzene rings is 1. The highest BCUT2D eigenvalue weighted by Crippen LogP contribution is 2.21. The van der Waals surface area contributed by atoms with Gasteiger partial charge in [-0.1, -0.05) is 12.1 Å². The Bertz CT molecular complexity index is 500. The lowest BCUT2D eigenvalue weighted by Crippen LogP contribution is -2.49. The molecule has 1 aliphatic heterocycles. The molecular formula is C15H18N2O2.